The Hall–Kier alpha value is -2.27. The van der Waals surface area contributed by atoms with Crippen molar-refractivity contribution in [2.24, 2.45) is 7.05 Å². The summed E-state index contributed by atoms with van der Waals surface area (Å²) in [6.45, 7) is 0. The number of alkyl halides is 1. The second-order valence-corrected chi connectivity index (χ2v) is 5.15. The Kier molecular flexibility index (Phi) is 4.65. The first kappa shape index (κ1) is 15.1. The van der Waals surface area contributed by atoms with Gasteiger partial charge < -0.3 is 15.0 Å². The van der Waals surface area contributed by atoms with E-state index >= 15 is 0 Å². The molecule has 0 bridgehead atoms. The third-order valence-electron chi connectivity index (χ3n) is 3.03. The normalized spacial score (nSPS) is 11.9. The highest BCUT2D eigenvalue weighted by Crippen LogP contribution is 2.12. The number of nitrogens with zero attached hydrogens (tertiary/aromatic N) is 1. The van der Waals surface area contributed by atoms with Gasteiger partial charge >= 0.3 is 0 Å². The second kappa shape index (κ2) is 6.45. The Morgan fingerprint density at radius 2 is 2.00 bits per heavy atom. The molecule has 2 N–H and O–H groups in total. The van der Waals surface area contributed by atoms with Gasteiger partial charge in [-0.1, -0.05) is 41.9 Å². The molecule has 0 aliphatic rings. The van der Waals surface area contributed by atoms with Gasteiger partial charge in [-0.25, -0.2) is 0 Å². The molecule has 21 heavy (non-hydrogen) atoms. The van der Waals surface area contributed by atoms with E-state index in [0.717, 1.165) is 5.56 Å². The Bertz CT molecular complexity index is 698. The summed E-state index contributed by atoms with van der Waals surface area (Å²) in [7, 11) is 1.49. The highest BCUT2D eigenvalue weighted by atomic mass is 35.5. The van der Waals surface area contributed by atoms with Crippen LogP contribution >= 0.6 is 11.6 Å². The summed E-state index contributed by atoms with van der Waals surface area (Å²) in [4.78, 5) is 23.6. The fourth-order valence-electron chi connectivity index (χ4n) is 1.89. The zero-order valence-electron chi connectivity index (χ0n) is 11.4. The SMILES string of the molecule is Cn1ccc(C(=O)NC(Cl)Cc2ccccc2)c(O)c1=O. The van der Waals surface area contributed by atoms with Gasteiger partial charge in [-0.2, -0.15) is 0 Å². The topological polar surface area (TPSA) is 71.3 Å². The number of aryl methyl sites for hydroxylation is 1. The maximum atomic E-state index is 12.0. The molecule has 1 aromatic heterocycles. The Morgan fingerprint density at radius 3 is 2.67 bits per heavy atom. The van der Waals surface area contributed by atoms with Crippen molar-refractivity contribution in [3.05, 3.63) is 64.1 Å². The lowest BCUT2D eigenvalue weighted by Gasteiger charge is -2.13. The monoisotopic (exact) mass is 306 g/mol. The minimum Gasteiger partial charge on any atom is -0.502 e. The summed E-state index contributed by atoms with van der Waals surface area (Å²) >= 11 is 6.09. The number of nitrogens with one attached hydrogen (secondary N) is 1. The minimum absolute atomic E-state index is 0.0863. The molecular formula is C15H15ClN2O3. The van der Waals surface area contributed by atoms with Crippen LogP contribution in [0, 0.1) is 0 Å². The van der Waals surface area contributed by atoms with Crippen molar-refractivity contribution in [2.45, 2.75) is 11.9 Å². The van der Waals surface area contributed by atoms with Gasteiger partial charge in [0.15, 0.2) is 5.75 Å². The van der Waals surface area contributed by atoms with Gasteiger partial charge in [0.25, 0.3) is 11.5 Å². The van der Waals surface area contributed by atoms with E-state index in [0.29, 0.717) is 6.42 Å². The first-order chi connectivity index (χ1) is 9.99. The molecular weight excluding hydrogens is 292 g/mol. The van der Waals surface area contributed by atoms with Crippen LogP contribution in [0.15, 0.2) is 47.4 Å². The van der Waals surface area contributed by atoms with Gasteiger partial charge in [-0.3, -0.25) is 9.59 Å². The van der Waals surface area contributed by atoms with Crippen molar-refractivity contribution in [3.8, 4) is 5.75 Å². The number of hydrogen-bond acceptors (Lipinski definition) is 3. The number of aromatic nitrogens is 1. The molecule has 0 fully saturated rings. The van der Waals surface area contributed by atoms with E-state index in [-0.39, 0.29) is 5.56 Å². The first-order valence-corrected chi connectivity index (χ1v) is 6.80. The molecule has 1 heterocycles. The number of hydrogen-bond donors (Lipinski definition) is 2. The van der Waals surface area contributed by atoms with Crippen LogP contribution in [0.1, 0.15) is 15.9 Å². The van der Waals surface area contributed by atoms with Gasteiger partial charge in [0.1, 0.15) is 5.50 Å². The number of aromatic hydroxyl groups is 1. The van der Waals surface area contributed by atoms with Crippen molar-refractivity contribution >= 4 is 17.5 Å². The molecule has 0 aliphatic carbocycles. The van der Waals surface area contributed by atoms with E-state index in [4.69, 9.17) is 11.6 Å². The summed E-state index contributed by atoms with van der Waals surface area (Å²) in [5.74, 6) is -1.16. The van der Waals surface area contributed by atoms with E-state index in [1.807, 2.05) is 30.3 Å². The van der Waals surface area contributed by atoms with Gasteiger partial charge in [-0.05, 0) is 11.6 Å². The van der Waals surface area contributed by atoms with Crippen LogP contribution in [0.4, 0.5) is 0 Å². The van der Waals surface area contributed by atoms with Crippen LogP contribution in [-0.4, -0.2) is 21.1 Å². The standard InChI is InChI=1S/C15H15ClN2O3/c1-18-8-7-11(13(19)15(18)21)14(20)17-12(16)9-10-5-3-2-4-6-10/h2-8,12,19H,9H2,1H3,(H,17,20). The molecule has 0 spiro atoms. The smallest absolute Gasteiger partial charge is 0.293 e. The van der Waals surface area contributed by atoms with Crippen molar-refractivity contribution in [1.82, 2.24) is 9.88 Å². The first-order valence-electron chi connectivity index (χ1n) is 6.36. The molecule has 0 saturated carbocycles. The summed E-state index contributed by atoms with van der Waals surface area (Å²) in [5.41, 5.74) is -0.372. The number of carbonyl (C=O) groups is 1. The van der Waals surface area contributed by atoms with E-state index in [9.17, 15) is 14.7 Å². The molecule has 1 amide bonds. The van der Waals surface area contributed by atoms with Crippen molar-refractivity contribution in [2.75, 3.05) is 0 Å². The fourth-order valence-corrected chi connectivity index (χ4v) is 2.17. The van der Waals surface area contributed by atoms with Crippen LogP contribution in [0.3, 0.4) is 0 Å². The molecule has 110 valence electrons. The molecule has 0 aliphatic heterocycles. The van der Waals surface area contributed by atoms with Crippen LogP contribution in [0.25, 0.3) is 0 Å². The summed E-state index contributed by atoms with van der Waals surface area (Å²) < 4.78 is 1.19. The average Bonchev–Trinajstić information content (AvgIpc) is 2.45. The molecule has 2 rings (SSSR count). The minimum atomic E-state index is -0.636. The lowest BCUT2D eigenvalue weighted by Crippen LogP contribution is -2.33. The third kappa shape index (κ3) is 3.64. The van der Waals surface area contributed by atoms with Gasteiger partial charge in [0.2, 0.25) is 0 Å². The molecule has 2 aromatic rings. The highest BCUT2D eigenvalue weighted by molar-refractivity contribution is 6.22. The van der Waals surface area contributed by atoms with Crippen molar-refractivity contribution in [3.63, 3.8) is 0 Å². The Balaban J connectivity index is 2.08. The van der Waals surface area contributed by atoms with Gasteiger partial charge in [-0.15, -0.1) is 0 Å². The number of amides is 1. The Morgan fingerprint density at radius 1 is 1.33 bits per heavy atom. The van der Waals surface area contributed by atoms with Crippen LogP contribution in [0.5, 0.6) is 5.75 Å². The molecule has 5 nitrogen and oxygen atoms in total. The molecule has 1 aromatic carbocycles. The fraction of sp³-hybridized carbons (Fsp3) is 0.200. The van der Waals surface area contributed by atoms with E-state index in [1.165, 1.54) is 23.9 Å². The van der Waals surface area contributed by atoms with Crippen molar-refractivity contribution in [1.29, 1.82) is 0 Å². The van der Waals surface area contributed by atoms with Crippen LogP contribution in [-0.2, 0) is 13.5 Å². The van der Waals surface area contributed by atoms with Gasteiger partial charge in [0.05, 0.1) is 5.56 Å². The van der Waals surface area contributed by atoms with Crippen LogP contribution in [0.2, 0.25) is 0 Å². The number of carbonyl (C=O) groups excluding carboxylic acids is 1. The maximum Gasteiger partial charge on any atom is 0.293 e. The molecule has 0 radical (unpaired) electrons. The highest BCUT2D eigenvalue weighted by Gasteiger charge is 2.17. The molecule has 1 atom stereocenters. The van der Waals surface area contributed by atoms with Crippen molar-refractivity contribution < 1.29 is 9.90 Å². The quantitative estimate of drug-likeness (QED) is 0.666. The number of halogens is 1. The average molecular weight is 307 g/mol. The van der Waals surface area contributed by atoms with Crippen LogP contribution < -0.4 is 10.9 Å². The van der Waals surface area contributed by atoms with E-state index in [2.05, 4.69) is 5.32 Å². The maximum absolute atomic E-state index is 12.0. The lowest BCUT2D eigenvalue weighted by molar-refractivity contribution is 0.0945. The zero-order valence-corrected chi connectivity index (χ0v) is 12.2. The molecule has 1 unspecified atom stereocenters. The van der Waals surface area contributed by atoms with E-state index in [1.54, 1.807) is 0 Å². The second-order valence-electron chi connectivity index (χ2n) is 4.62. The predicted molar refractivity (Wildman–Crippen MR) is 80.6 cm³/mol. The zero-order chi connectivity index (χ0) is 15.4. The molecule has 6 heteroatoms. The van der Waals surface area contributed by atoms with Gasteiger partial charge in [0, 0.05) is 19.7 Å². The Labute approximate surface area is 126 Å². The number of pyridine rings is 1. The number of rotatable bonds is 4. The summed E-state index contributed by atoms with van der Waals surface area (Å²) in [6.07, 6.45) is 1.86. The van der Waals surface area contributed by atoms with E-state index < -0.39 is 22.7 Å². The largest absolute Gasteiger partial charge is 0.502 e. The lowest BCUT2D eigenvalue weighted by atomic mass is 10.1. The summed E-state index contributed by atoms with van der Waals surface area (Å²) in [5, 5.41) is 12.3. The third-order valence-corrected chi connectivity index (χ3v) is 3.30. The number of benzene rings is 1. The predicted octanol–water partition coefficient (Wildman–Crippen LogP) is 1.63. The summed E-state index contributed by atoms with van der Waals surface area (Å²) in [6, 6.07) is 10.8. The molecule has 0 saturated heterocycles.